The Hall–Kier alpha value is -2.21. The maximum absolute atomic E-state index is 12.4. The van der Waals surface area contributed by atoms with Crippen LogP contribution in [0.15, 0.2) is 18.0 Å². The smallest absolute Gasteiger partial charge is 0.276 e. The van der Waals surface area contributed by atoms with Crippen LogP contribution in [0, 0.1) is 11.7 Å². The number of carbonyl (C=O) groups excluding carboxylic acids is 1. The first-order valence-corrected chi connectivity index (χ1v) is 9.62. The average Bonchev–Trinajstić information content (AvgIpc) is 3.29. The van der Waals surface area contributed by atoms with E-state index in [1.54, 1.807) is 18.6 Å². The van der Waals surface area contributed by atoms with Gasteiger partial charge in [0.15, 0.2) is 15.7 Å². The van der Waals surface area contributed by atoms with Crippen LogP contribution in [0.5, 0.6) is 0 Å². The molecular formula is C15H16N6O2S3. The zero-order valence-corrected chi connectivity index (χ0v) is 16.6. The fourth-order valence-electron chi connectivity index (χ4n) is 2.21. The Bertz CT molecular complexity index is 999. The fraction of sp³-hybridized carbons (Fsp3) is 0.267. The van der Waals surface area contributed by atoms with Gasteiger partial charge in [-0.2, -0.15) is 5.10 Å². The van der Waals surface area contributed by atoms with Gasteiger partial charge in [-0.3, -0.25) is 19.8 Å². The van der Waals surface area contributed by atoms with Gasteiger partial charge in [0.05, 0.1) is 17.2 Å². The molecule has 0 aliphatic rings. The van der Waals surface area contributed by atoms with E-state index >= 15 is 0 Å². The molecule has 0 radical (unpaired) electrons. The van der Waals surface area contributed by atoms with Crippen molar-refractivity contribution >= 4 is 45.9 Å². The Morgan fingerprint density at radius 1 is 1.54 bits per heavy atom. The molecule has 0 fully saturated rings. The SMILES string of the molecule is C=CCn1c(-c2sc(NC(=O)c3csc(COC)n3)nc2C)n[nH]c1=S. The lowest BCUT2D eigenvalue weighted by Crippen LogP contribution is -2.12. The second-order valence-corrected chi connectivity index (χ2v) is 7.53. The van der Waals surface area contributed by atoms with E-state index in [0.717, 1.165) is 15.6 Å². The highest BCUT2D eigenvalue weighted by Gasteiger charge is 2.18. The Morgan fingerprint density at radius 2 is 2.35 bits per heavy atom. The molecule has 0 aromatic carbocycles. The molecule has 3 aromatic rings. The lowest BCUT2D eigenvalue weighted by Gasteiger charge is -2.01. The summed E-state index contributed by atoms with van der Waals surface area (Å²) in [6.45, 7) is 6.50. The van der Waals surface area contributed by atoms with Crippen molar-refractivity contribution in [3.05, 3.63) is 39.2 Å². The number of aryl methyl sites for hydroxylation is 1. The second kappa shape index (κ2) is 7.99. The molecule has 0 unspecified atom stereocenters. The van der Waals surface area contributed by atoms with Crippen LogP contribution >= 0.6 is 34.9 Å². The van der Waals surface area contributed by atoms with Gasteiger partial charge in [0, 0.05) is 19.0 Å². The molecule has 0 aliphatic heterocycles. The number of hydrogen-bond acceptors (Lipinski definition) is 8. The van der Waals surface area contributed by atoms with Gasteiger partial charge < -0.3 is 4.74 Å². The van der Waals surface area contributed by atoms with Gasteiger partial charge in [0.25, 0.3) is 5.91 Å². The number of amides is 1. The number of nitrogens with zero attached hydrogens (tertiary/aromatic N) is 4. The molecule has 11 heteroatoms. The summed E-state index contributed by atoms with van der Waals surface area (Å²) in [7, 11) is 1.59. The van der Waals surface area contributed by atoms with Gasteiger partial charge in [0.1, 0.15) is 10.7 Å². The van der Waals surface area contributed by atoms with Crippen molar-refractivity contribution in [1.29, 1.82) is 0 Å². The summed E-state index contributed by atoms with van der Waals surface area (Å²) in [6.07, 6.45) is 1.74. The quantitative estimate of drug-likeness (QED) is 0.459. The van der Waals surface area contributed by atoms with Gasteiger partial charge >= 0.3 is 0 Å². The Balaban J connectivity index is 1.83. The fourth-order valence-corrected chi connectivity index (χ4v) is 4.12. The number of H-pyrrole nitrogens is 1. The number of rotatable bonds is 7. The Morgan fingerprint density at radius 3 is 3.08 bits per heavy atom. The van der Waals surface area contributed by atoms with Gasteiger partial charge in [0.2, 0.25) is 0 Å². The number of hydrogen-bond donors (Lipinski definition) is 2. The summed E-state index contributed by atoms with van der Waals surface area (Å²) in [4.78, 5) is 21.8. The summed E-state index contributed by atoms with van der Waals surface area (Å²) in [6, 6.07) is 0. The van der Waals surface area contributed by atoms with Gasteiger partial charge in [-0.1, -0.05) is 17.4 Å². The Kier molecular flexibility index (Phi) is 5.71. The van der Waals surface area contributed by atoms with Crippen molar-refractivity contribution in [2.24, 2.45) is 0 Å². The number of methoxy groups -OCH3 is 1. The third-order valence-corrected chi connectivity index (χ3v) is 5.55. The van der Waals surface area contributed by atoms with E-state index in [1.165, 1.54) is 22.7 Å². The topological polar surface area (TPSA) is 97.7 Å². The molecule has 3 heterocycles. The molecule has 0 bridgehead atoms. The van der Waals surface area contributed by atoms with Crippen molar-refractivity contribution in [1.82, 2.24) is 24.7 Å². The first-order chi connectivity index (χ1) is 12.5. The van der Waals surface area contributed by atoms with E-state index < -0.39 is 0 Å². The number of aromatic amines is 1. The predicted molar refractivity (Wildman–Crippen MR) is 104 cm³/mol. The van der Waals surface area contributed by atoms with Crippen LogP contribution in [-0.4, -0.2) is 37.7 Å². The number of carbonyl (C=O) groups is 1. The van der Waals surface area contributed by atoms with Crippen LogP contribution in [0.4, 0.5) is 5.13 Å². The van der Waals surface area contributed by atoms with Gasteiger partial charge in [-0.05, 0) is 19.1 Å². The number of nitrogens with one attached hydrogen (secondary N) is 2. The predicted octanol–water partition coefficient (Wildman–Crippen LogP) is 3.41. The summed E-state index contributed by atoms with van der Waals surface area (Å²) in [5, 5.41) is 12.7. The number of aromatic nitrogens is 5. The van der Waals surface area contributed by atoms with Gasteiger partial charge in [-0.25, -0.2) is 9.97 Å². The van der Waals surface area contributed by atoms with Crippen LogP contribution < -0.4 is 5.32 Å². The molecule has 8 nitrogen and oxygen atoms in total. The monoisotopic (exact) mass is 408 g/mol. The highest BCUT2D eigenvalue weighted by Crippen LogP contribution is 2.32. The van der Waals surface area contributed by atoms with Crippen molar-refractivity contribution in [2.45, 2.75) is 20.1 Å². The molecule has 1 amide bonds. The molecule has 0 aliphatic carbocycles. The zero-order chi connectivity index (χ0) is 18.7. The van der Waals surface area contributed by atoms with Crippen molar-refractivity contribution in [3.63, 3.8) is 0 Å². The number of allylic oxidation sites excluding steroid dienone is 1. The lowest BCUT2D eigenvalue weighted by molar-refractivity contribution is 0.102. The Labute approximate surface area is 162 Å². The summed E-state index contributed by atoms with van der Waals surface area (Å²) < 4.78 is 7.35. The van der Waals surface area contributed by atoms with E-state index in [1.807, 2.05) is 11.5 Å². The molecule has 136 valence electrons. The number of thiazole rings is 2. The van der Waals surface area contributed by atoms with E-state index in [0.29, 0.717) is 34.6 Å². The normalized spacial score (nSPS) is 10.8. The van der Waals surface area contributed by atoms with Crippen LogP contribution in [0.25, 0.3) is 10.7 Å². The first kappa shape index (κ1) is 18.6. The number of ether oxygens (including phenoxy) is 1. The highest BCUT2D eigenvalue weighted by atomic mass is 32.1. The molecule has 3 rings (SSSR count). The molecule has 3 aromatic heterocycles. The minimum absolute atomic E-state index is 0.311. The summed E-state index contributed by atoms with van der Waals surface area (Å²) in [5.41, 5.74) is 1.09. The maximum Gasteiger partial charge on any atom is 0.276 e. The summed E-state index contributed by atoms with van der Waals surface area (Å²) in [5.74, 6) is 0.357. The third-order valence-electron chi connectivity index (χ3n) is 3.34. The molecule has 0 atom stereocenters. The third kappa shape index (κ3) is 3.80. The maximum atomic E-state index is 12.4. The zero-order valence-electron chi connectivity index (χ0n) is 14.1. The van der Waals surface area contributed by atoms with E-state index in [-0.39, 0.29) is 5.91 Å². The second-order valence-electron chi connectivity index (χ2n) is 5.20. The average molecular weight is 409 g/mol. The molecular weight excluding hydrogens is 392 g/mol. The summed E-state index contributed by atoms with van der Waals surface area (Å²) >= 11 is 7.95. The molecule has 0 saturated heterocycles. The largest absolute Gasteiger partial charge is 0.378 e. The van der Waals surface area contributed by atoms with Gasteiger partial charge in [-0.15, -0.1) is 17.9 Å². The van der Waals surface area contributed by atoms with E-state index in [4.69, 9.17) is 17.0 Å². The number of anilines is 1. The van der Waals surface area contributed by atoms with Crippen molar-refractivity contribution in [2.75, 3.05) is 12.4 Å². The van der Waals surface area contributed by atoms with Crippen molar-refractivity contribution in [3.8, 4) is 10.7 Å². The van der Waals surface area contributed by atoms with Crippen molar-refractivity contribution < 1.29 is 9.53 Å². The lowest BCUT2D eigenvalue weighted by atomic mass is 10.3. The minimum atomic E-state index is -0.311. The van der Waals surface area contributed by atoms with E-state index in [2.05, 4.69) is 32.1 Å². The standard InChI is InChI=1S/C15H16N6O2S3/c1-4-5-21-12(19-20-15(21)24)11-8(2)16-14(26-11)18-13(22)9-7-25-10(17-9)6-23-3/h4,7H,1,5-6H2,2-3H3,(H,20,24)(H,16,18,22). The minimum Gasteiger partial charge on any atom is -0.378 e. The highest BCUT2D eigenvalue weighted by molar-refractivity contribution is 7.71. The van der Waals surface area contributed by atoms with Crippen LogP contribution in [0.2, 0.25) is 0 Å². The van der Waals surface area contributed by atoms with Crippen LogP contribution in [-0.2, 0) is 17.9 Å². The molecule has 2 N–H and O–H groups in total. The first-order valence-electron chi connectivity index (χ1n) is 7.52. The van der Waals surface area contributed by atoms with Crippen LogP contribution in [0.1, 0.15) is 21.2 Å². The molecule has 26 heavy (non-hydrogen) atoms. The molecule has 0 saturated carbocycles. The van der Waals surface area contributed by atoms with E-state index in [9.17, 15) is 4.79 Å². The molecule has 0 spiro atoms. The van der Waals surface area contributed by atoms with Crippen LogP contribution in [0.3, 0.4) is 0 Å².